The normalized spacial score (nSPS) is 10.8. The molecule has 0 saturated carbocycles. The fourth-order valence-electron chi connectivity index (χ4n) is 0.372. The second-order valence-corrected chi connectivity index (χ2v) is 2.19. The maximum atomic E-state index is 10.6. The Labute approximate surface area is 65.7 Å². The van der Waals surface area contributed by atoms with Gasteiger partial charge in [0.1, 0.15) is 0 Å². The Bertz CT molecular complexity index is 201. The number of ketones is 1. The standard InChI is InChI=1S/C8H9ClO/c1-4-5-8(9)6(2)7(3)10/h4-5H,1-2H2,3H3/b8-5+. The lowest BCUT2D eigenvalue weighted by Gasteiger charge is -1.95. The summed E-state index contributed by atoms with van der Waals surface area (Å²) in [5.41, 5.74) is 0.321. The van der Waals surface area contributed by atoms with Crippen LogP contribution in [0.15, 0.2) is 35.9 Å². The van der Waals surface area contributed by atoms with Gasteiger partial charge in [0.2, 0.25) is 0 Å². The first kappa shape index (κ1) is 9.18. The predicted octanol–water partition coefficient (Wildman–Crippen LogP) is 2.44. The monoisotopic (exact) mass is 156 g/mol. The van der Waals surface area contributed by atoms with Gasteiger partial charge in [-0.1, -0.05) is 30.8 Å². The Morgan fingerprint density at radius 1 is 1.60 bits per heavy atom. The van der Waals surface area contributed by atoms with Gasteiger partial charge in [0.25, 0.3) is 0 Å². The molecule has 0 saturated heterocycles. The molecule has 10 heavy (non-hydrogen) atoms. The summed E-state index contributed by atoms with van der Waals surface area (Å²) < 4.78 is 0. The minimum atomic E-state index is -0.122. The second kappa shape index (κ2) is 4.07. The van der Waals surface area contributed by atoms with E-state index in [-0.39, 0.29) is 5.78 Å². The smallest absolute Gasteiger partial charge is 0.160 e. The molecular formula is C8H9ClO. The van der Waals surface area contributed by atoms with Crippen LogP contribution in [0, 0.1) is 0 Å². The molecule has 0 aromatic carbocycles. The van der Waals surface area contributed by atoms with Crippen molar-refractivity contribution in [3.8, 4) is 0 Å². The van der Waals surface area contributed by atoms with Gasteiger partial charge in [-0.05, 0) is 13.0 Å². The number of halogens is 1. The van der Waals surface area contributed by atoms with Crippen LogP contribution in [-0.2, 0) is 4.79 Å². The van der Waals surface area contributed by atoms with Crippen molar-refractivity contribution in [2.45, 2.75) is 6.92 Å². The Kier molecular flexibility index (Phi) is 3.74. The molecule has 54 valence electrons. The van der Waals surface area contributed by atoms with Crippen LogP contribution in [0.1, 0.15) is 6.92 Å². The van der Waals surface area contributed by atoms with Crippen LogP contribution in [0.2, 0.25) is 0 Å². The van der Waals surface area contributed by atoms with Gasteiger partial charge in [-0.3, -0.25) is 4.79 Å². The fourth-order valence-corrected chi connectivity index (χ4v) is 0.594. The highest BCUT2D eigenvalue weighted by Gasteiger charge is 2.02. The summed E-state index contributed by atoms with van der Waals surface area (Å²) in [7, 11) is 0. The molecule has 0 amide bonds. The molecule has 0 heterocycles. The molecule has 0 bridgehead atoms. The minimum absolute atomic E-state index is 0.122. The maximum absolute atomic E-state index is 10.6. The highest BCUT2D eigenvalue weighted by molar-refractivity contribution is 6.35. The zero-order valence-corrected chi connectivity index (χ0v) is 6.61. The van der Waals surface area contributed by atoms with Gasteiger partial charge in [-0.2, -0.15) is 0 Å². The number of allylic oxidation sites excluding steroid dienone is 4. The largest absolute Gasteiger partial charge is 0.294 e. The van der Waals surface area contributed by atoms with Crippen molar-refractivity contribution >= 4 is 17.4 Å². The number of carbonyl (C=O) groups excluding carboxylic acids is 1. The molecule has 0 radical (unpaired) electrons. The van der Waals surface area contributed by atoms with Crippen LogP contribution < -0.4 is 0 Å². The molecular weight excluding hydrogens is 148 g/mol. The van der Waals surface area contributed by atoms with E-state index in [0.717, 1.165) is 0 Å². The number of hydrogen-bond acceptors (Lipinski definition) is 1. The lowest BCUT2D eigenvalue weighted by atomic mass is 10.2. The number of carbonyl (C=O) groups is 1. The van der Waals surface area contributed by atoms with E-state index in [0.29, 0.717) is 10.6 Å². The fraction of sp³-hybridized carbons (Fsp3) is 0.125. The van der Waals surface area contributed by atoms with Crippen molar-refractivity contribution < 1.29 is 4.79 Å². The van der Waals surface area contributed by atoms with E-state index in [1.165, 1.54) is 19.1 Å². The third-order valence-corrected chi connectivity index (χ3v) is 1.33. The zero-order chi connectivity index (χ0) is 8.15. The summed E-state index contributed by atoms with van der Waals surface area (Å²) in [6.07, 6.45) is 3.04. The lowest BCUT2D eigenvalue weighted by molar-refractivity contribution is -0.113. The topological polar surface area (TPSA) is 17.1 Å². The summed E-state index contributed by atoms with van der Waals surface area (Å²) in [5, 5.41) is 0.350. The van der Waals surface area contributed by atoms with E-state index in [9.17, 15) is 4.79 Å². The van der Waals surface area contributed by atoms with Crippen molar-refractivity contribution in [2.75, 3.05) is 0 Å². The molecule has 1 nitrogen and oxygen atoms in total. The molecule has 0 fully saturated rings. The molecule has 0 N–H and O–H groups in total. The van der Waals surface area contributed by atoms with Crippen LogP contribution in [0.4, 0.5) is 0 Å². The van der Waals surface area contributed by atoms with Crippen LogP contribution in [0.5, 0.6) is 0 Å². The summed E-state index contributed by atoms with van der Waals surface area (Å²) in [5.74, 6) is -0.122. The van der Waals surface area contributed by atoms with Crippen LogP contribution in [0.3, 0.4) is 0 Å². The first-order chi connectivity index (χ1) is 4.59. The summed E-state index contributed by atoms with van der Waals surface area (Å²) in [6, 6.07) is 0. The van der Waals surface area contributed by atoms with E-state index in [1.54, 1.807) is 0 Å². The third-order valence-electron chi connectivity index (χ3n) is 0.977. The molecule has 0 aromatic rings. The van der Waals surface area contributed by atoms with Crippen molar-refractivity contribution in [3.05, 3.63) is 35.9 Å². The van der Waals surface area contributed by atoms with Crippen molar-refractivity contribution in [1.29, 1.82) is 0 Å². The van der Waals surface area contributed by atoms with Gasteiger partial charge in [0, 0.05) is 5.57 Å². The number of rotatable bonds is 3. The van der Waals surface area contributed by atoms with Gasteiger partial charge < -0.3 is 0 Å². The highest BCUT2D eigenvalue weighted by atomic mass is 35.5. The molecule has 0 aromatic heterocycles. The summed E-state index contributed by atoms with van der Waals surface area (Å²) >= 11 is 5.60. The second-order valence-electron chi connectivity index (χ2n) is 1.79. The Hall–Kier alpha value is -0.820. The van der Waals surface area contributed by atoms with E-state index in [4.69, 9.17) is 11.6 Å². The van der Waals surface area contributed by atoms with Gasteiger partial charge >= 0.3 is 0 Å². The molecule has 0 atom stereocenters. The molecule has 0 aliphatic carbocycles. The zero-order valence-electron chi connectivity index (χ0n) is 5.86. The molecule has 0 spiro atoms. The quantitative estimate of drug-likeness (QED) is 0.453. The summed E-state index contributed by atoms with van der Waals surface area (Å²) in [6.45, 7) is 8.32. The van der Waals surface area contributed by atoms with Crippen molar-refractivity contribution in [2.24, 2.45) is 0 Å². The van der Waals surface area contributed by atoms with Crippen LogP contribution >= 0.6 is 11.6 Å². The summed E-state index contributed by atoms with van der Waals surface area (Å²) in [4.78, 5) is 10.6. The van der Waals surface area contributed by atoms with Crippen LogP contribution in [0.25, 0.3) is 0 Å². The molecule has 0 aliphatic rings. The highest BCUT2D eigenvalue weighted by Crippen LogP contribution is 2.12. The molecule has 0 rings (SSSR count). The van der Waals surface area contributed by atoms with Gasteiger partial charge in [-0.25, -0.2) is 0 Å². The average molecular weight is 157 g/mol. The predicted molar refractivity (Wildman–Crippen MR) is 44.0 cm³/mol. The maximum Gasteiger partial charge on any atom is 0.160 e. The van der Waals surface area contributed by atoms with Gasteiger partial charge in [0.15, 0.2) is 5.78 Å². The van der Waals surface area contributed by atoms with Crippen molar-refractivity contribution in [1.82, 2.24) is 0 Å². The number of hydrogen-bond donors (Lipinski definition) is 0. The lowest BCUT2D eigenvalue weighted by Crippen LogP contribution is -1.93. The average Bonchev–Trinajstić information content (AvgIpc) is 1.87. The first-order valence-corrected chi connectivity index (χ1v) is 3.15. The van der Waals surface area contributed by atoms with E-state index < -0.39 is 0 Å². The van der Waals surface area contributed by atoms with Crippen molar-refractivity contribution in [3.63, 3.8) is 0 Å². The molecule has 0 aliphatic heterocycles. The Morgan fingerprint density at radius 2 is 2.10 bits per heavy atom. The van der Waals surface area contributed by atoms with E-state index in [1.807, 2.05) is 0 Å². The minimum Gasteiger partial charge on any atom is -0.294 e. The first-order valence-electron chi connectivity index (χ1n) is 2.78. The number of Topliss-reactive ketones (excluding diaryl/α,β-unsaturated/α-hetero) is 1. The van der Waals surface area contributed by atoms with Gasteiger partial charge in [-0.15, -0.1) is 0 Å². The Balaban J connectivity index is 4.36. The Morgan fingerprint density at radius 3 is 2.40 bits per heavy atom. The van der Waals surface area contributed by atoms with Crippen LogP contribution in [-0.4, -0.2) is 5.78 Å². The van der Waals surface area contributed by atoms with E-state index >= 15 is 0 Å². The SMILES string of the molecule is C=C/C=C(/Cl)C(=C)C(C)=O. The molecule has 0 unspecified atom stereocenters. The molecule has 2 heteroatoms. The van der Waals surface area contributed by atoms with E-state index in [2.05, 4.69) is 13.2 Å². The van der Waals surface area contributed by atoms with Gasteiger partial charge in [0.05, 0.1) is 5.03 Å². The third kappa shape index (κ3) is 2.65.